The number of amides is 1. The van der Waals surface area contributed by atoms with Gasteiger partial charge in [0, 0.05) is 23.5 Å². The monoisotopic (exact) mass is 456 g/mol. The highest BCUT2D eigenvalue weighted by atomic mass is 32.2. The van der Waals surface area contributed by atoms with E-state index < -0.39 is 15.9 Å². The van der Waals surface area contributed by atoms with Gasteiger partial charge in [-0.05, 0) is 44.0 Å². The molecule has 11 heteroatoms. The number of aromatic nitrogens is 4. The molecule has 0 atom stereocenters. The number of hydrogen-bond donors (Lipinski definition) is 2. The van der Waals surface area contributed by atoms with Crippen molar-refractivity contribution in [3.05, 3.63) is 70.3 Å². The molecule has 0 aliphatic carbocycles. The standard InChI is InChI=1S/C21H24N6O4S/c1-13(2)18-10-21(29)27(12-22-18)11-20(28)25-16-5-7-17(8-6-16)32(30,31)26-19-9-14(3)23-15(4)24-19/h5-10,12-13H,11H2,1-4H3,(H,25,28)(H,23,24,26). The van der Waals surface area contributed by atoms with Crippen molar-refractivity contribution in [2.75, 3.05) is 10.0 Å². The van der Waals surface area contributed by atoms with Gasteiger partial charge in [-0.3, -0.25) is 18.9 Å². The fourth-order valence-electron chi connectivity index (χ4n) is 2.91. The molecule has 0 fully saturated rings. The van der Waals surface area contributed by atoms with Crippen molar-refractivity contribution >= 4 is 27.4 Å². The number of aryl methyl sites for hydroxylation is 2. The summed E-state index contributed by atoms with van der Waals surface area (Å²) in [5.74, 6) is 0.300. The summed E-state index contributed by atoms with van der Waals surface area (Å²) in [6.45, 7) is 7.05. The summed E-state index contributed by atoms with van der Waals surface area (Å²) < 4.78 is 28.8. The first-order valence-electron chi connectivity index (χ1n) is 9.85. The third kappa shape index (κ3) is 5.76. The quantitative estimate of drug-likeness (QED) is 0.556. The van der Waals surface area contributed by atoms with Crippen LogP contribution in [0.2, 0.25) is 0 Å². The first kappa shape index (κ1) is 23.1. The van der Waals surface area contributed by atoms with Gasteiger partial charge >= 0.3 is 0 Å². The summed E-state index contributed by atoms with van der Waals surface area (Å²) in [6, 6.07) is 8.60. The summed E-state index contributed by atoms with van der Waals surface area (Å²) in [7, 11) is -3.86. The Morgan fingerprint density at radius 2 is 1.78 bits per heavy atom. The van der Waals surface area contributed by atoms with Crippen LogP contribution in [0.5, 0.6) is 0 Å². The Kier molecular flexibility index (Phi) is 6.68. The van der Waals surface area contributed by atoms with Crippen molar-refractivity contribution in [1.82, 2.24) is 19.5 Å². The SMILES string of the molecule is Cc1cc(NS(=O)(=O)c2ccc(NC(=O)Cn3cnc(C(C)C)cc3=O)cc2)nc(C)n1. The van der Waals surface area contributed by atoms with Crippen molar-refractivity contribution in [3.8, 4) is 0 Å². The fourth-order valence-corrected chi connectivity index (χ4v) is 3.91. The number of benzene rings is 1. The van der Waals surface area contributed by atoms with E-state index in [0.29, 0.717) is 22.9 Å². The topological polar surface area (TPSA) is 136 Å². The molecule has 10 nitrogen and oxygen atoms in total. The van der Waals surface area contributed by atoms with E-state index in [1.165, 1.54) is 47.3 Å². The van der Waals surface area contributed by atoms with E-state index in [-0.39, 0.29) is 28.7 Å². The molecular weight excluding hydrogens is 432 g/mol. The summed E-state index contributed by atoms with van der Waals surface area (Å²) in [5, 5.41) is 2.64. The third-order valence-corrected chi connectivity index (χ3v) is 5.83. The number of anilines is 2. The van der Waals surface area contributed by atoms with Crippen molar-refractivity contribution in [2.45, 2.75) is 45.1 Å². The zero-order valence-electron chi connectivity index (χ0n) is 18.2. The number of nitrogens with one attached hydrogen (secondary N) is 2. The van der Waals surface area contributed by atoms with E-state index in [9.17, 15) is 18.0 Å². The Labute approximate surface area is 185 Å². The third-order valence-electron chi connectivity index (χ3n) is 4.46. The molecule has 0 aliphatic heterocycles. The van der Waals surface area contributed by atoms with Gasteiger partial charge in [-0.15, -0.1) is 0 Å². The lowest BCUT2D eigenvalue weighted by Crippen LogP contribution is -2.28. The predicted molar refractivity (Wildman–Crippen MR) is 120 cm³/mol. The second-order valence-corrected chi connectivity index (χ2v) is 9.24. The highest BCUT2D eigenvalue weighted by molar-refractivity contribution is 7.92. The maximum Gasteiger partial charge on any atom is 0.263 e. The van der Waals surface area contributed by atoms with Crippen LogP contribution in [0.15, 0.2) is 52.4 Å². The molecule has 2 heterocycles. The summed E-state index contributed by atoms with van der Waals surface area (Å²) in [6.07, 6.45) is 1.34. The Balaban J connectivity index is 1.67. The van der Waals surface area contributed by atoms with Crippen LogP contribution in [0.4, 0.5) is 11.5 Å². The molecule has 168 valence electrons. The molecule has 3 aromatic rings. The molecule has 32 heavy (non-hydrogen) atoms. The zero-order valence-corrected chi connectivity index (χ0v) is 19.0. The molecule has 0 saturated carbocycles. The van der Waals surface area contributed by atoms with Gasteiger partial charge in [0.15, 0.2) is 0 Å². The Bertz CT molecular complexity index is 1280. The Hall–Kier alpha value is -3.60. The maximum atomic E-state index is 12.6. The minimum Gasteiger partial charge on any atom is -0.325 e. The van der Waals surface area contributed by atoms with E-state index in [1.54, 1.807) is 13.8 Å². The van der Waals surface area contributed by atoms with Crippen LogP contribution in [0, 0.1) is 13.8 Å². The fraction of sp³-hybridized carbons (Fsp3) is 0.286. The van der Waals surface area contributed by atoms with Gasteiger partial charge in [0.25, 0.3) is 15.6 Å². The number of carbonyl (C=O) groups is 1. The van der Waals surface area contributed by atoms with Gasteiger partial charge < -0.3 is 5.32 Å². The van der Waals surface area contributed by atoms with Gasteiger partial charge in [-0.2, -0.15) is 0 Å². The average molecular weight is 457 g/mol. The zero-order chi connectivity index (χ0) is 23.5. The van der Waals surface area contributed by atoms with Crippen LogP contribution in [0.3, 0.4) is 0 Å². The number of nitrogens with zero attached hydrogens (tertiary/aromatic N) is 4. The molecule has 0 saturated heterocycles. The minimum atomic E-state index is -3.86. The highest BCUT2D eigenvalue weighted by Gasteiger charge is 2.16. The van der Waals surface area contributed by atoms with E-state index in [2.05, 4.69) is 25.0 Å². The Morgan fingerprint density at radius 1 is 1.09 bits per heavy atom. The molecule has 3 rings (SSSR count). The molecule has 2 aromatic heterocycles. The molecular formula is C21H24N6O4S. The van der Waals surface area contributed by atoms with Gasteiger partial charge in [0.05, 0.1) is 16.9 Å². The molecule has 0 unspecified atom stereocenters. The van der Waals surface area contributed by atoms with Crippen molar-refractivity contribution < 1.29 is 13.2 Å². The van der Waals surface area contributed by atoms with Gasteiger partial charge in [-0.25, -0.2) is 23.4 Å². The lowest BCUT2D eigenvalue weighted by Gasteiger charge is -2.11. The number of sulfonamides is 1. The van der Waals surface area contributed by atoms with Crippen molar-refractivity contribution in [3.63, 3.8) is 0 Å². The predicted octanol–water partition coefficient (Wildman–Crippen LogP) is 2.21. The summed E-state index contributed by atoms with van der Waals surface area (Å²) >= 11 is 0. The number of hydrogen-bond acceptors (Lipinski definition) is 7. The maximum absolute atomic E-state index is 12.6. The van der Waals surface area contributed by atoms with E-state index >= 15 is 0 Å². The van der Waals surface area contributed by atoms with Crippen LogP contribution < -0.4 is 15.6 Å². The van der Waals surface area contributed by atoms with E-state index in [0.717, 1.165) is 0 Å². The summed E-state index contributed by atoms with van der Waals surface area (Å²) in [5.41, 5.74) is 1.37. The van der Waals surface area contributed by atoms with Crippen LogP contribution in [0.25, 0.3) is 0 Å². The first-order chi connectivity index (χ1) is 15.0. The smallest absolute Gasteiger partial charge is 0.263 e. The van der Waals surface area contributed by atoms with Gasteiger partial charge in [0.2, 0.25) is 5.91 Å². The highest BCUT2D eigenvalue weighted by Crippen LogP contribution is 2.18. The lowest BCUT2D eigenvalue weighted by atomic mass is 10.1. The van der Waals surface area contributed by atoms with E-state index in [1.807, 2.05) is 13.8 Å². The van der Waals surface area contributed by atoms with Gasteiger partial charge in [0.1, 0.15) is 18.2 Å². The molecule has 0 aliphatic rings. The average Bonchev–Trinajstić information content (AvgIpc) is 2.68. The van der Waals surface area contributed by atoms with Crippen molar-refractivity contribution in [1.29, 1.82) is 0 Å². The second-order valence-electron chi connectivity index (χ2n) is 7.55. The van der Waals surface area contributed by atoms with Crippen LogP contribution in [-0.4, -0.2) is 33.8 Å². The number of rotatable bonds is 7. The molecule has 1 aromatic carbocycles. The second kappa shape index (κ2) is 9.27. The van der Waals surface area contributed by atoms with Crippen molar-refractivity contribution in [2.24, 2.45) is 0 Å². The van der Waals surface area contributed by atoms with Gasteiger partial charge in [-0.1, -0.05) is 13.8 Å². The van der Waals surface area contributed by atoms with Crippen LogP contribution in [-0.2, 0) is 21.4 Å². The van der Waals surface area contributed by atoms with E-state index in [4.69, 9.17) is 0 Å². The normalized spacial score (nSPS) is 11.4. The largest absolute Gasteiger partial charge is 0.325 e. The number of carbonyl (C=O) groups excluding carboxylic acids is 1. The minimum absolute atomic E-state index is 0.00844. The molecule has 2 N–H and O–H groups in total. The lowest BCUT2D eigenvalue weighted by molar-refractivity contribution is -0.116. The molecule has 0 radical (unpaired) electrons. The molecule has 0 bridgehead atoms. The molecule has 0 spiro atoms. The van der Waals surface area contributed by atoms with Crippen LogP contribution >= 0.6 is 0 Å². The Morgan fingerprint density at radius 3 is 2.38 bits per heavy atom. The molecule has 1 amide bonds. The first-order valence-corrected chi connectivity index (χ1v) is 11.3. The van der Waals surface area contributed by atoms with Crippen LogP contribution in [0.1, 0.15) is 37.0 Å². The summed E-state index contributed by atoms with van der Waals surface area (Å²) in [4.78, 5) is 36.8.